The zero-order valence-corrected chi connectivity index (χ0v) is 10.2. The van der Waals surface area contributed by atoms with Crippen molar-refractivity contribution in [3.8, 4) is 0 Å². The van der Waals surface area contributed by atoms with Gasteiger partial charge in [0.1, 0.15) is 6.10 Å². The van der Waals surface area contributed by atoms with Gasteiger partial charge in [-0.25, -0.2) is 0 Å². The number of nitrogens with one attached hydrogen (secondary N) is 1. The molecule has 1 unspecified atom stereocenters. The summed E-state index contributed by atoms with van der Waals surface area (Å²) in [4.78, 5) is 11.4. The molecule has 0 spiro atoms. The van der Waals surface area contributed by atoms with Gasteiger partial charge in [0, 0.05) is 13.1 Å². The van der Waals surface area contributed by atoms with Gasteiger partial charge in [0.15, 0.2) is 0 Å². The first-order valence-electron chi connectivity index (χ1n) is 6.21. The largest absolute Gasteiger partial charge is 0.461 e. The second-order valence-corrected chi connectivity index (χ2v) is 4.64. The Morgan fingerprint density at radius 3 is 2.76 bits per heavy atom. The highest BCUT2D eigenvalue weighted by Gasteiger charge is 2.32. The van der Waals surface area contributed by atoms with Gasteiger partial charge in [0.05, 0.1) is 5.92 Å². The Morgan fingerprint density at radius 1 is 1.41 bits per heavy atom. The van der Waals surface area contributed by atoms with Crippen LogP contribution in [0.1, 0.15) is 25.3 Å². The topological polar surface area (TPSA) is 38.3 Å². The molecule has 0 saturated heterocycles. The lowest BCUT2D eigenvalue weighted by Gasteiger charge is -2.13. The van der Waals surface area contributed by atoms with E-state index in [-0.39, 0.29) is 18.0 Å². The SMILES string of the molecule is CC(CNCc1ccccc1)OC(=O)C1CC1. The molecule has 1 N–H and O–H groups in total. The average molecular weight is 233 g/mol. The minimum atomic E-state index is -0.0492. The molecule has 0 bridgehead atoms. The van der Waals surface area contributed by atoms with Crippen molar-refractivity contribution in [1.29, 1.82) is 0 Å². The van der Waals surface area contributed by atoms with Gasteiger partial charge in [-0.1, -0.05) is 30.3 Å². The van der Waals surface area contributed by atoms with Crippen molar-refractivity contribution in [1.82, 2.24) is 5.32 Å². The second-order valence-electron chi connectivity index (χ2n) is 4.64. The van der Waals surface area contributed by atoms with Gasteiger partial charge in [-0.2, -0.15) is 0 Å². The Balaban J connectivity index is 1.62. The molecule has 3 nitrogen and oxygen atoms in total. The van der Waals surface area contributed by atoms with Crippen LogP contribution in [-0.4, -0.2) is 18.6 Å². The van der Waals surface area contributed by atoms with E-state index in [9.17, 15) is 4.79 Å². The highest BCUT2D eigenvalue weighted by Crippen LogP contribution is 2.30. The van der Waals surface area contributed by atoms with Crippen LogP contribution in [0.3, 0.4) is 0 Å². The average Bonchev–Trinajstić information content (AvgIpc) is 3.14. The molecule has 0 heterocycles. The smallest absolute Gasteiger partial charge is 0.309 e. The Bertz CT molecular complexity index is 360. The summed E-state index contributed by atoms with van der Waals surface area (Å²) in [6.07, 6.45) is 1.96. The van der Waals surface area contributed by atoms with Gasteiger partial charge in [0.25, 0.3) is 0 Å². The van der Waals surface area contributed by atoms with Crippen LogP contribution in [0, 0.1) is 5.92 Å². The van der Waals surface area contributed by atoms with E-state index >= 15 is 0 Å². The van der Waals surface area contributed by atoms with E-state index in [2.05, 4.69) is 17.4 Å². The predicted octanol–water partition coefficient (Wildman–Crippen LogP) is 2.12. The number of carbonyl (C=O) groups excluding carboxylic acids is 1. The molecule has 0 aromatic heterocycles. The first-order valence-corrected chi connectivity index (χ1v) is 6.21. The summed E-state index contributed by atoms with van der Waals surface area (Å²) in [5.41, 5.74) is 1.24. The highest BCUT2D eigenvalue weighted by molar-refractivity contribution is 5.75. The van der Waals surface area contributed by atoms with Crippen LogP contribution in [0.2, 0.25) is 0 Å². The number of hydrogen-bond acceptors (Lipinski definition) is 3. The van der Waals surface area contributed by atoms with Crippen LogP contribution in [0.5, 0.6) is 0 Å². The molecule has 1 fully saturated rings. The summed E-state index contributed by atoms with van der Waals surface area (Å²) < 4.78 is 5.31. The molecule has 92 valence electrons. The lowest BCUT2D eigenvalue weighted by Crippen LogP contribution is -2.29. The summed E-state index contributed by atoms with van der Waals surface area (Å²) >= 11 is 0. The van der Waals surface area contributed by atoms with Gasteiger partial charge < -0.3 is 10.1 Å². The van der Waals surface area contributed by atoms with Gasteiger partial charge in [-0.05, 0) is 25.3 Å². The number of ether oxygens (including phenoxy) is 1. The van der Waals surface area contributed by atoms with Crippen molar-refractivity contribution in [3.05, 3.63) is 35.9 Å². The fourth-order valence-corrected chi connectivity index (χ4v) is 1.67. The first-order chi connectivity index (χ1) is 8.25. The van der Waals surface area contributed by atoms with E-state index in [1.165, 1.54) is 5.56 Å². The van der Waals surface area contributed by atoms with E-state index in [0.717, 1.165) is 19.4 Å². The van der Waals surface area contributed by atoms with Crippen molar-refractivity contribution in [3.63, 3.8) is 0 Å². The second kappa shape index (κ2) is 5.82. The molecule has 1 aromatic carbocycles. The summed E-state index contributed by atoms with van der Waals surface area (Å²) in [6.45, 7) is 3.44. The van der Waals surface area contributed by atoms with Crippen molar-refractivity contribution in [2.75, 3.05) is 6.54 Å². The normalized spacial score (nSPS) is 16.5. The fraction of sp³-hybridized carbons (Fsp3) is 0.500. The molecule has 1 aromatic rings. The number of carbonyl (C=O) groups is 1. The van der Waals surface area contributed by atoms with Crippen molar-refractivity contribution in [2.45, 2.75) is 32.4 Å². The summed E-state index contributed by atoms with van der Waals surface area (Å²) in [7, 11) is 0. The van der Waals surface area contributed by atoms with Crippen molar-refractivity contribution in [2.24, 2.45) is 5.92 Å². The Kier molecular flexibility index (Phi) is 4.15. The number of esters is 1. The minimum Gasteiger partial charge on any atom is -0.461 e. The molecule has 1 aliphatic carbocycles. The van der Waals surface area contributed by atoms with Gasteiger partial charge in [0.2, 0.25) is 0 Å². The number of hydrogen-bond donors (Lipinski definition) is 1. The Labute approximate surface area is 102 Å². The first kappa shape index (κ1) is 12.1. The quantitative estimate of drug-likeness (QED) is 0.765. The van der Waals surface area contributed by atoms with Crippen LogP contribution in [0.25, 0.3) is 0 Å². The third-order valence-electron chi connectivity index (χ3n) is 2.83. The van der Waals surface area contributed by atoms with Crippen LogP contribution < -0.4 is 5.32 Å². The van der Waals surface area contributed by atoms with Gasteiger partial charge >= 0.3 is 5.97 Å². The van der Waals surface area contributed by atoms with E-state index in [1.54, 1.807) is 0 Å². The summed E-state index contributed by atoms with van der Waals surface area (Å²) in [6, 6.07) is 10.2. The highest BCUT2D eigenvalue weighted by atomic mass is 16.5. The predicted molar refractivity (Wildman–Crippen MR) is 66.4 cm³/mol. The maximum absolute atomic E-state index is 11.4. The van der Waals surface area contributed by atoms with E-state index in [0.29, 0.717) is 6.54 Å². The zero-order chi connectivity index (χ0) is 12.1. The number of benzene rings is 1. The van der Waals surface area contributed by atoms with Gasteiger partial charge in [-0.15, -0.1) is 0 Å². The van der Waals surface area contributed by atoms with Gasteiger partial charge in [-0.3, -0.25) is 4.79 Å². The summed E-state index contributed by atoms with van der Waals surface area (Å²) in [5.74, 6) is 0.158. The molecule has 0 aliphatic heterocycles. The summed E-state index contributed by atoms with van der Waals surface area (Å²) in [5, 5.41) is 3.29. The lowest BCUT2D eigenvalue weighted by atomic mass is 10.2. The fourth-order valence-electron chi connectivity index (χ4n) is 1.67. The van der Waals surface area contributed by atoms with Crippen LogP contribution >= 0.6 is 0 Å². The van der Waals surface area contributed by atoms with Crippen LogP contribution in [0.4, 0.5) is 0 Å². The van der Waals surface area contributed by atoms with E-state index < -0.39 is 0 Å². The van der Waals surface area contributed by atoms with Crippen LogP contribution in [0.15, 0.2) is 30.3 Å². The van der Waals surface area contributed by atoms with Crippen molar-refractivity contribution >= 4 is 5.97 Å². The molecule has 1 atom stereocenters. The number of rotatable bonds is 6. The molecule has 0 radical (unpaired) electrons. The zero-order valence-electron chi connectivity index (χ0n) is 10.2. The van der Waals surface area contributed by atoms with Crippen LogP contribution in [-0.2, 0) is 16.1 Å². The standard InChI is InChI=1S/C14H19NO2/c1-11(17-14(16)13-7-8-13)9-15-10-12-5-3-2-4-6-12/h2-6,11,13,15H,7-10H2,1H3. The van der Waals surface area contributed by atoms with Crippen molar-refractivity contribution < 1.29 is 9.53 Å². The third kappa shape index (κ3) is 4.19. The minimum absolute atomic E-state index is 0.0287. The molecular weight excluding hydrogens is 214 g/mol. The Hall–Kier alpha value is -1.35. The third-order valence-corrected chi connectivity index (χ3v) is 2.83. The lowest BCUT2D eigenvalue weighted by molar-refractivity contribution is -0.149. The maximum Gasteiger partial charge on any atom is 0.309 e. The molecule has 2 rings (SSSR count). The monoisotopic (exact) mass is 233 g/mol. The molecule has 1 saturated carbocycles. The van der Waals surface area contributed by atoms with E-state index in [4.69, 9.17) is 4.74 Å². The molecule has 1 aliphatic rings. The molecule has 0 amide bonds. The molecular formula is C14H19NO2. The molecule has 17 heavy (non-hydrogen) atoms. The Morgan fingerprint density at radius 2 is 2.12 bits per heavy atom. The maximum atomic E-state index is 11.4. The molecule has 3 heteroatoms. The van der Waals surface area contributed by atoms with E-state index in [1.807, 2.05) is 25.1 Å².